The van der Waals surface area contributed by atoms with Crippen molar-refractivity contribution >= 4 is 17.5 Å². The predicted octanol–water partition coefficient (Wildman–Crippen LogP) is 1.17. The monoisotopic (exact) mass is 392 g/mol. The van der Waals surface area contributed by atoms with Crippen molar-refractivity contribution in [3.63, 3.8) is 0 Å². The first-order valence-electron chi connectivity index (χ1n) is 9.71. The van der Waals surface area contributed by atoms with Gasteiger partial charge in [0.15, 0.2) is 0 Å². The van der Waals surface area contributed by atoms with Crippen LogP contribution in [0.15, 0.2) is 18.2 Å². The van der Waals surface area contributed by atoms with E-state index in [1.165, 1.54) is 0 Å². The fourth-order valence-corrected chi connectivity index (χ4v) is 3.04. The van der Waals surface area contributed by atoms with Crippen molar-refractivity contribution in [2.45, 2.75) is 26.3 Å². The molecular weight excluding hydrogens is 360 g/mol. The summed E-state index contributed by atoms with van der Waals surface area (Å²) in [5.41, 5.74) is 0.590. The number of benzene rings is 1. The number of nitrogens with zero attached hydrogens (tertiary/aromatic N) is 2. The predicted molar refractivity (Wildman–Crippen MR) is 109 cm³/mol. The maximum atomic E-state index is 12.4. The van der Waals surface area contributed by atoms with E-state index in [2.05, 4.69) is 27.4 Å². The highest BCUT2D eigenvalue weighted by Gasteiger charge is 2.21. The molecule has 156 valence electrons. The molecular formula is C20H32N4O4. The van der Waals surface area contributed by atoms with E-state index in [0.29, 0.717) is 30.3 Å². The number of amides is 2. The Labute approximate surface area is 167 Å². The Morgan fingerprint density at radius 1 is 1.04 bits per heavy atom. The van der Waals surface area contributed by atoms with Gasteiger partial charge in [-0.25, -0.2) is 0 Å². The van der Waals surface area contributed by atoms with Gasteiger partial charge in [0.05, 0.1) is 33.0 Å². The summed E-state index contributed by atoms with van der Waals surface area (Å²) in [5.74, 6) is 1.20. The second-order valence-electron chi connectivity index (χ2n) is 7.04. The summed E-state index contributed by atoms with van der Waals surface area (Å²) in [6, 6.07) is 5.49. The van der Waals surface area contributed by atoms with Crippen LogP contribution in [-0.4, -0.2) is 81.1 Å². The SMILES string of the molecule is CC[C@H](C)NC(=O)CN1CCN(CC(=O)Nc2cc(OC)ccc2OC)CC1. The maximum Gasteiger partial charge on any atom is 0.238 e. The smallest absolute Gasteiger partial charge is 0.238 e. The highest BCUT2D eigenvalue weighted by atomic mass is 16.5. The molecule has 0 aliphatic carbocycles. The van der Waals surface area contributed by atoms with Crippen LogP contribution in [0.25, 0.3) is 0 Å². The van der Waals surface area contributed by atoms with E-state index in [-0.39, 0.29) is 17.9 Å². The molecule has 2 rings (SSSR count). The van der Waals surface area contributed by atoms with Gasteiger partial charge in [0.2, 0.25) is 11.8 Å². The Bertz CT molecular complexity index is 660. The van der Waals surface area contributed by atoms with E-state index < -0.39 is 0 Å². The van der Waals surface area contributed by atoms with Gasteiger partial charge in [-0.15, -0.1) is 0 Å². The third kappa shape index (κ3) is 6.69. The highest BCUT2D eigenvalue weighted by molar-refractivity contribution is 5.94. The fourth-order valence-electron chi connectivity index (χ4n) is 3.04. The maximum absolute atomic E-state index is 12.4. The van der Waals surface area contributed by atoms with E-state index >= 15 is 0 Å². The summed E-state index contributed by atoms with van der Waals surface area (Å²) in [5, 5.41) is 5.88. The van der Waals surface area contributed by atoms with Crippen molar-refractivity contribution in [1.29, 1.82) is 0 Å². The molecule has 1 atom stereocenters. The van der Waals surface area contributed by atoms with E-state index in [1.807, 2.05) is 6.92 Å². The first kappa shape index (κ1) is 22.0. The lowest BCUT2D eigenvalue weighted by Gasteiger charge is -2.34. The van der Waals surface area contributed by atoms with Crippen LogP contribution >= 0.6 is 0 Å². The summed E-state index contributed by atoms with van der Waals surface area (Å²) >= 11 is 0. The van der Waals surface area contributed by atoms with Gasteiger partial charge < -0.3 is 20.1 Å². The first-order valence-corrected chi connectivity index (χ1v) is 9.71. The second-order valence-corrected chi connectivity index (χ2v) is 7.04. The summed E-state index contributed by atoms with van der Waals surface area (Å²) < 4.78 is 10.5. The zero-order valence-corrected chi connectivity index (χ0v) is 17.3. The molecule has 0 aromatic heterocycles. The summed E-state index contributed by atoms with van der Waals surface area (Å²) in [4.78, 5) is 28.6. The van der Waals surface area contributed by atoms with Crippen LogP contribution in [0.4, 0.5) is 5.69 Å². The van der Waals surface area contributed by atoms with Crippen molar-refractivity contribution < 1.29 is 19.1 Å². The van der Waals surface area contributed by atoms with Gasteiger partial charge in [0.25, 0.3) is 0 Å². The number of rotatable bonds is 9. The lowest BCUT2D eigenvalue weighted by atomic mass is 10.2. The Kier molecular flexibility index (Phi) is 8.53. The standard InChI is InChI=1S/C20H32N4O4/c1-5-15(2)21-19(25)13-23-8-10-24(11-9-23)14-20(26)22-17-12-16(27-3)6-7-18(17)28-4/h6-7,12,15H,5,8-11,13-14H2,1-4H3,(H,21,25)(H,22,26)/t15-/m0/s1. The summed E-state index contributed by atoms with van der Waals surface area (Å²) in [6.07, 6.45) is 0.923. The third-order valence-electron chi connectivity index (χ3n) is 4.90. The fraction of sp³-hybridized carbons (Fsp3) is 0.600. The van der Waals surface area contributed by atoms with Crippen molar-refractivity contribution in [2.24, 2.45) is 0 Å². The number of piperazine rings is 1. The first-order chi connectivity index (χ1) is 13.4. The number of ether oxygens (including phenoxy) is 2. The number of nitrogens with one attached hydrogen (secondary N) is 2. The molecule has 1 fully saturated rings. The molecule has 1 saturated heterocycles. The van der Waals surface area contributed by atoms with Crippen molar-refractivity contribution in [2.75, 3.05) is 58.8 Å². The number of carbonyl (C=O) groups excluding carboxylic acids is 2. The van der Waals surface area contributed by atoms with Crippen LogP contribution in [0.2, 0.25) is 0 Å². The third-order valence-corrected chi connectivity index (χ3v) is 4.90. The Hall–Kier alpha value is -2.32. The van der Waals surface area contributed by atoms with Crippen LogP contribution in [0, 0.1) is 0 Å². The largest absolute Gasteiger partial charge is 0.497 e. The molecule has 1 aromatic carbocycles. The lowest BCUT2D eigenvalue weighted by molar-refractivity contribution is -0.124. The van der Waals surface area contributed by atoms with Gasteiger partial charge in [-0.05, 0) is 25.5 Å². The highest BCUT2D eigenvalue weighted by Crippen LogP contribution is 2.28. The number of hydrogen-bond acceptors (Lipinski definition) is 6. The second kappa shape index (κ2) is 10.9. The van der Waals surface area contributed by atoms with Crippen molar-refractivity contribution in [1.82, 2.24) is 15.1 Å². The number of methoxy groups -OCH3 is 2. The van der Waals surface area contributed by atoms with Gasteiger partial charge in [-0.2, -0.15) is 0 Å². The van der Waals surface area contributed by atoms with E-state index in [4.69, 9.17) is 9.47 Å². The molecule has 0 radical (unpaired) electrons. The van der Waals surface area contributed by atoms with Crippen LogP contribution < -0.4 is 20.1 Å². The van der Waals surface area contributed by atoms with Gasteiger partial charge >= 0.3 is 0 Å². The number of carbonyl (C=O) groups is 2. The minimum Gasteiger partial charge on any atom is -0.497 e. The molecule has 2 amide bonds. The van der Waals surface area contributed by atoms with Gasteiger partial charge in [-0.3, -0.25) is 19.4 Å². The molecule has 0 saturated carbocycles. The minimum atomic E-state index is -0.102. The molecule has 0 bridgehead atoms. The van der Waals surface area contributed by atoms with Gasteiger partial charge in [0, 0.05) is 38.3 Å². The molecule has 0 unspecified atom stereocenters. The normalized spacial score (nSPS) is 16.3. The zero-order chi connectivity index (χ0) is 20.5. The topological polar surface area (TPSA) is 83.1 Å². The van der Waals surface area contributed by atoms with E-state index in [1.54, 1.807) is 32.4 Å². The average Bonchev–Trinajstić information content (AvgIpc) is 2.69. The van der Waals surface area contributed by atoms with E-state index in [9.17, 15) is 9.59 Å². The molecule has 28 heavy (non-hydrogen) atoms. The lowest BCUT2D eigenvalue weighted by Crippen LogP contribution is -2.51. The Balaban J connectivity index is 1.78. The molecule has 0 spiro atoms. The molecule has 1 heterocycles. The van der Waals surface area contributed by atoms with Crippen LogP contribution in [0.5, 0.6) is 11.5 Å². The molecule has 1 aliphatic rings. The van der Waals surface area contributed by atoms with E-state index in [0.717, 1.165) is 32.6 Å². The van der Waals surface area contributed by atoms with Crippen LogP contribution in [-0.2, 0) is 9.59 Å². The van der Waals surface area contributed by atoms with Crippen molar-refractivity contribution in [3.8, 4) is 11.5 Å². The quantitative estimate of drug-likeness (QED) is 0.657. The molecule has 1 aliphatic heterocycles. The van der Waals surface area contributed by atoms with Crippen LogP contribution in [0.1, 0.15) is 20.3 Å². The molecule has 1 aromatic rings. The zero-order valence-electron chi connectivity index (χ0n) is 17.3. The van der Waals surface area contributed by atoms with Crippen molar-refractivity contribution in [3.05, 3.63) is 18.2 Å². The molecule has 8 heteroatoms. The van der Waals surface area contributed by atoms with Gasteiger partial charge in [-0.1, -0.05) is 6.92 Å². The molecule has 2 N–H and O–H groups in total. The number of hydrogen-bond donors (Lipinski definition) is 2. The number of anilines is 1. The Morgan fingerprint density at radius 3 is 2.18 bits per heavy atom. The van der Waals surface area contributed by atoms with Gasteiger partial charge in [0.1, 0.15) is 11.5 Å². The Morgan fingerprint density at radius 2 is 1.64 bits per heavy atom. The summed E-state index contributed by atoms with van der Waals surface area (Å²) in [6.45, 7) is 7.80. The average molecular weight is 393 g/mol. The summed E-state index contributed by atoms with van der Waals surface area (Å²) in [7, 11) is 3.14. The molecule has 8 nitrogen and oxygen atoms in total. The van der Waals surface area contributed by atoms with Crippen LogP contribution in [0.3, 0.4) is 0 Å². The minimum absolute atomic E-state index is 0.0608.